The molecule has 3 aromatic heterocycles. The highest BCUT2D eigenvalue weighted by atomic mass is 32.2. The van der Waals surface area contributed by atoms with Gasteiger partial charge < -0.3 is 4.57 Å². The Morgan fingerprint density at radius 1 is 1.06 bits per heavy atom. The number of rotatable bonds is 8. The van der Waals surface area contributed by atoms with Crippen molar-refractivity contribution >= 4 is 46.1 Å². The van der Waals surface area contributed by atoms with Crippen LogP contribution in [0, 0.1) is 0 Å². The Balaban J connectivity index is 1.31. The number of benzene rings is 1. The van der Waals surface area contributed by atoms with E-state index in [0.29, 0.717) is 0 Å². The van der Waals surface area contributed by atoms with Gasteiger partial charge in [0.1, 0.15) is 5.82 Å². The van der Waals surface area contributed by atoms with Gasteiger partial charge in [0.25, 0.3) is 5.91 Å². The number of nitrogens with zero attached hydrogens (tertiary/aromatic N) is 5. The Morgan fingerprint density at radius 3 is 2.61 bits per heavy atom. The number of thiophene rings is 2. The lowest BCUT2D eigenvalue weighted by molar-refractivity contribution is -0.130. The fourth-order valence-corrected chi connectivity index (χ4v) is 6.29. The van der Waals surface area contributed by atoms with Gasteiger partial charge in [-0.05, 0) is 35.4 Å². The van der Waals surface area contributed by atoms with Crippen LogP contribution in [-0.2, 0) is 17.8 Å². The molecule has 1 aliphatic rings. The molecule has 1 aliphatic heterocycles. The van der Waals surface area contributed by atoms with Crippen LogP contribution < -0.4 is 0 Å². The summed E-state index contributed by atoms with van der Waals surface area (Å²) in [5, 5.41) is 20.1. The number of hydrogen-bond acceptors (Lipinski definition) is 7. The third kappa shape index (κ3) is 4.80. The molecule has 0 fully saturated rings. The van der Waals surface area contributed by atoms with E-state index < -0.39 is 0 Å². The summed E-state index contributed by atoms with van der Waals surface area (Å²) >= 11 is 4.76. The molecule has 5 rings (SSSR count). The Labute approximate surface area is 205 Å². The smallest absolute Gasteiger partial charge is 0.253 e. The average Bonchev–Trinajstić information content (AvgIpc) is 3.64. The van der Waals surface area contributed by atoms with Crippen LogP contribution in [0.2, 0.25) is 0 Å². The van der Waals surface area contributed by atoms with Crippen molar-refractivity contribution in [2.75, 3.05) is 5.75 Å². The number of aromatic nitrogens is 3. The molecule has 6 nitrogen and oxygen atoms in total. The zero-order valence-electron chi connectivity index (χ0n) is 18.1. The summed E-state index contributed by atoms with van der Waals surface area (Å²) in [6.07, 6.45) is 1.46. The van der Waals surface area contributed by atoms with Gasteiger partial charge in [-0.3, -0.25) is 4.79 Å². The minimum absolute atomic E-state index is 0.0137. The van der Waals surface area contributed by atoms with Gasteiger partial charge in [0.05, 0.1) is 22.4 Å². The lowest BCUT2D eigenvalue weighted by Gasteiger charge is -2.20. The molecular formula is C24H23N5OS3. The second kappa shape index (κ2) is 10.0. The minimum atomic E-state index is -0.0483. The van der Waals surface area contributed by atoms with E-state index >= 15 is 0 Å². The fourth-order valence-electron chi connectivity index (χ4n) is 3.88. The van der Waals surface area contributed by atoms with Crippen molar-refractivity contribution in [1.82, 2.24) is 19.8 Å². The summed E-state index contributed by atoms with van der Waals surface area (Å²) < 4.78 is 2.09. The first-order chi connectivity index (χ1) is 16.2. The number of hydrogen-bond donors (Lipinski definition) is 0. The molecule has 0 bridgehead atoms. The first kappa shape index (κ1) is 22.1. The summed E-state index contributed by atoms with van der Waals surface area (Å²) in [5.74, 6) is 1.17. The second-order valence-corrected chi connectivity index (χ2v) is 10.5. The van der Waals surface area contributed by atoms with Gasteiger partial charge in [-0.2, -0.15) is 5.10 Å². The molecular weight excluding hydrogens is 470 g/mol. The van der Waals surface area contributed by atoms with E-state index in [9.17, 15) is 4.79 Å². The van der Waals surface area contributed by atoms with Gasteiger partial charge in [-0.15, -0.1) is 32.9 Å². The predicted octanol–water partition coefficient (Wildman–Crippen LogP) is 5.48. The van der Waals surface area contributed by atoms with Gasteiger partial charge in [0.15, 0.2) is 5.16 Å². The van der Waals surface area contributed by atoms with Crippen LogP contribution in [0.4, 0.5) is 0 Å². The monoisotopic (exact) mass is 493 g/mol. The fraction of sp³-hybridized carbons (Fsp3) is 0.250. The van der Waals surface area contributed by atoms with E-state index in [1.165, 1.54) is 17.3 Å². The maximum absolute atomic E-state index is 13.3. The average molecular weight is 494 g/mol. The zero-order chi connectivity index (χ0) is 22.6. The lowest BCUT2D eigenvalue weighted by Crippen LogP contribution is -2.28. The third-order valence-electron chi connectivity index (χ3n) is 5.48. The summed E-state index contributed by atoms with van der Waals surface area (Å²) in [6, 6.07) is 18.4. The molecule has 0 saturated carbocycles. The van der Waals surface area contributed by atoms with E-state index in [-0.39, 0.29) is 17.7 Å². The molecule has 0 radical (unpaired) electrons. The van der Waals surface area contributed by atoms with E-state index in [2.05, 4.69) is 46.0 Å². The van der Waals surface area contributed by atoms with E-state index in [4.69, 9.17) is 5.10 Å². The van der Waals surface area contributed by atoms with Crippen LogP contribution in [0.1, 0.15) is 40.5 Å². The maximum atomic E-state index is 13.3. The molecule has 0 unspecified atom stereocenters. The Bertz CT molecular complexity index is 1230. The first-order valence-corrected chi connectivity index (χ1v) is 13.5. The van der Waals surface area contributed by atoms with E-state index in [1.54, 1.807) is 27.7 Å². The first-order valence-electron chi connectivity index (χ1n) is 10.8. The van der Waals surface area contributed by atoms with Gasteiger partial charge in [0.2, 0.25) is 0 Å². The van der Waals surface area contributed by atoms with Gasteiger partial charge in [0, 0.05) is 24.3 Å². The van der Waals surface area contributed by atoms with Crippen LogP contribution in [0.15, 0.2) is 75.6 Å². The van der Waals surface area contributed by atoms with Crippen molar-refractivity contribution in [3.63, 3.8) is 0 Å². The quantitative estimate of drug-likeness (QED) is 0.305. The van der Waals surface area contributed by atoms with Crippen molar-refractivity contribution in [1.29, 1.82) is 0 Å². The number of amides is 1. The number of carbonyl (C=O) groups excluding carboxylic acids is 1. The lowest BCUT2D eigenvalue weighted by atomic mass is 10.1. The third-order valence-corrected chi connectivity index (χ3v) is 8.33. The summed E-state index contributed by atoms with van der Waals surface area (Å²) in [7, 11) is 0. The second-order valence-electron chi connectivity index (χ2n) is 7.59. The van der Waals surface area contributed by atoms with Gasteiger partial charge >= 0.3 is 0 Å². The van der Waals surface area contributed by atoms with Crippen LogP contribution in [0.3, 0.4) is 0 Å². The number of carbonyl (C=O) groups is 1. The highest BCUT2D eigenvalue weighted by molar-refractivity contribution is 7.99. The molecule has 0 N–H and O–H groups in total. The molecule has 0 aliphatic carbocycles. The molecule has 4 heterocycles. The highest BCUT2D eigenvalue weighted by Gasteiger charge is 2.34. The summed E-state index contributed by atoms with van der Waals surface area (Å²) in [5.41, 5.74) is 2.17. The van der Waals surface area contributed by atoms with Crippen LogP contribution in [0.25, 0.3) is 0 Å². The molecule has 0 saturated heterocycles. The largest absolute Gasteiger partial charge is 0.306 e. The standard InChI is InChI=1S/C24H23N5OS3/c1-2-28-22(14-17-8-4-3-5-9-17)25-26-24(28)33-16-23(30)29-19(21-11-7-13-32-21)15-18(27-29)20-10-6-12-31-20/h3-13,19H,2,14-16H2,1H3/t19-/m1/s1. The van der Waals surface area contributed by atoms with Gasteiger partial charge in [-0.1, -0.05) is 54.2 Å². The van der Waals surface area contributed by atoms with Crippen LogP contribution in [-0.4, -0.2) is 37.1 Å². The summed E-state index contributed by atoms with van der Waals surface area (Å²) in [6.45, 7) is 2.84. The van der Waals surface area contributed by atoms with Crippen molar-refractivity contribution in [2.45, 2.75) is 37.5 Å². The highest BCUT2D eigenvalue weighted by Crippen LogP contribution is 2.36. The van der Waals surface area contributed by atoms with Crippen molar-refractivity contribution < 1.29 is 4.79 Å². The molecule has 1 aromatic carbocycles. The van der Waals surface area contributed by atoms with E-state index in [1.807, 2.05) is 41.1 Å². The number of thioether (sulfide) groups is 1. The minimum Gasteiger partial charge on any atom is -0.306 e. The van der Waals surface area contributed by atoms with E-state index in [0.717, 1.165) is 45.8 Å². The molecule has 4 aromatic rings. The Kier molecular flexibility index (Phi) is 6.70. The van der Waals surface area contributed by atoms with Crippen molar-refractivity contribution in [3.8, 4) is 0 Å². The topological polar surface area (TPSA) is 63.4 Å². The molecule has 9 heteroatoms. The SMILES string of the molecule is CCn1c(Cc2ccccc2)nnc1SCC(=O)N1N=C(c2cccs2)C[C@@H]1c1cccs1. The molecule has 1 amide bonds. The van der Waals surface area contributed by atoms with Crippen LogP contribution >= 0.6 is 34.4 Å². The van der Waals surface area contributed by atoms with Crippen molar-refractivity contribution in [3.05, 3.63) is 86.5 Å². The Morgan fingerprint density at radius 2 is 1.88 bits per heavy atom. The Hall–Kier alpha value is -2.75. The van der Waals surface area contributed by atoms with Crippen molar-refractivity contribution in [2.24, 2.45) is 5.10 Å². The predicted molar refractivity (Wildman–Crippen MR) is 135 cm³/mol. The summed E-state index contributed by atoms with van der Waals surface area (Å²) in [4.78, 5) is 15.6. The molecule has 0 spiro atoms. The molecule has 1 atom stereocenters. The van der Waals surface area contributed by atoms with Crippen LogP contribution in [0.5, 0.6) is 0 Å². The molecule has 168 valence electrons. The molecule has 33 heavy (non-hydrogen) atoms. The van der Waals surface area contributed by atoms with Gasteiger partial charge in [-0.25, -0.2) is 5.01 Å². The normalized spacial score (nSPS) is 15.7. The zero-order valence-corrected chi connectivity index (χ0v) is 20.6. The maximum Gasteiger partial charge on any atom is 0.253 e. The number of hydrazone groups is 1.